The number of aromatic nitrogens is 3. The van der Waals surface area contributed by atoms with Gasteiger partial charge in [0.15, 0.2) is 17.1 Å². The third-order valence-electron chi connectivity index (χ3n) is 6.76. The minimum atomic E-state index is -0.365. The molecule has 3 aliphatic rings. The predicted molar refractivity (Wildman–Crippen MR) is 130 cm³/mol. The third-order valence-corrected chi connectivity index (χ3v) is 6.76. The molecule has 3 aromatic rings. The van der Waals surface area contributed by atoms with Crippen molar-refractivity contribution in [2.45, 2.75) is 31.7 Å². The van der Waals surface area contributed by atoms with Crippen molar-refractivity contribution in [1.82, 2.24) is 15.0 Å². The SMILES string of the molecule is N[C@H]1CCN(c2nc(C(=O)Nc3cc4oc(N5CCOCC5)nc4nc3N3CCCCC3)co2)C1. The van der Waals surface area contributed by atoms with Crippen LogP contribution in [0.15, 0.2) is 21.2 Å². The molecular weight excluding hydrogens is 452 g/mol. The minimum Gasteiger partial charge on any atom is -0.431 e. The summed E-state index contributed by atoms with van der Waals surface area (Å²) in [5.74, 6) is 0.331. The van der Waals surface area contributed by atoms with Crippen molar-refractivity contribution in [2.75, 3.05) is 72.5 Å². The van der Waals surface area contributed by atoms with Crippen LogP contribution in [-0.2, 0) is 4.74 Å². The van der Waals surface area contributed by atoms with Crippen LogP contribution in [0.5, 0.6) is 0 Å². The highest BCUT2D eigenvalue weighted by molar-refractivity contribution is 6.05. The van der Waals surface area contributed by atoms with Gasteiger partial charge in [0.2, 0.25) is 5.65 Å². The van der Waals surface area contributed by atoms with E-state index in [4.69, 9.17) is 24.3 Å². The van der Waals surface area contributed by atoms with E-state index < -0.39 is 0 Å². The molecule has 0 radical (unpaired) electrons. The number of piperidine rings is 1. The van der Waals surface area contributed by atoms with Crippen LogP contribution in [0.4, 0.5) is 23.5 Å². The molecule has 0 spiro atoms. The van der Waals surface area contributed by atoms with Gasteiger partial charge in [0, 0.05) is 51.4 Å². The van der Waals surface area contributed by atoms with E-state index in [2.05, 4.69) is 20.2 Å². The topological polar surface area (TPSA) is 139 Å². The number of morpholine rings is 1. The lowest BCUT2D eigenvalue weighted by molar-refractivity contribution is 0.102. The zero-order valence-corrected chi connectivity index (χ0v) is 19.6. The summed E-state index contributed by atoms with van der Waals surface area (Å²) in [6.45, 7) is 5.87. The Balaban J connectivity index is 1.29. The van der Waals surface area contributed by atoms with Crippen molar-refractivity contribution in [3.05, 3.63) is 18.0 Å². The molecule has 0 saturated carbocycles. The molecule has 3 saturated heterocycles. The van der Waals surface area contributed by atoms with Gasteiger partial charge in [0.1, 0.15) is 6.26 Å². The Morgan fingerprint density at radius 1 is 0.971 bits per heavy atom. The normalized spacial score (nSPS) is 21.2. The molecule has 0 unspecified atom stereocenters. The second-order valence-electron chi connectivity index (χ2n) is 9.29. The van der Waals surface area contributed by atoms with E-state index >= 15 is 0 Å². The summed E-state index contributed by atoms with van der Waals surface area (Å²) >= 11 is 0. The van der Waals surface area contributed by atoms with Crippen LogP contribution in [0.1, 0.15) is 36.2 Å². The number of carbonyl (C=O) groups excluding carboxylic acids is 1. The summed E-state index contributed by atoms with van der Waals surface area (Å²) in [7, 11) is 0. The Hall–Kier alpha value is -3.38. The second kappa shape index (κ2) is 9.34. The monoisotopic (exact) mass is 482 g/mol. The van der Waals surface area contributed by atoms with Gasteiger partial charge in [-0.25, -0.2) is 4.98 Å². The number of nitrogens with one attached hydrogen (secondary N) is 1. The van der Waals surface area contributed by atoms with E-state index in [1.807, 2.05) is 15.9 Å². The molecule has 3 N–H and O–H groups in total. The van der Waals surface area contributed by atoms with Crippen molar-refractivity contribution in [3.8, 4) is 0 Å². The van der Waals surface area contributed by atoms with Crippen molar-refractivity contribution >= 4 is 40.7 Å². The average Bonchev–Trinajstić information content (AvgIpc) is 3.64. The number of pyridine rings is 1. The molecule has 0 bridgehead atoms. The Labute approximate surface area is 202 Å². The first kappa shape index (κ1) is 22.1. The van der Waals surface area contributed by atoms with Crippen LogP contribution in [-0.4, -0.2) is 79.4 Å². The standard InChI is InChI=1S/C23H30N8O4/c24-15-4-7-31(13-15)22-26-17(14-34-22)21(32)25-16-12-18-19(27-20(16)29-5-2-1-3-6-29)28-23(35-18)30-8-10-33-11-9-30/h12,14-15H,1-11,13,24H2,(H,25,32)/t15-/m0/s1. The van der Waals surface area contributed by atoms with E-state index in [0.717, 1.165) is 38.9 Å². The summed E-state index contributed by atoms with van der Waals surface area (Å²) in [5.41, 5.74) is 7.81. The summed E-state index contributed by atoms with van der Waals surface area (Å²) < 4.78 is 17.0. The number of fused-ring (bicyclic) bond motifs is 1. The number of anilines is 4. The van der Waals surface area contributed by atoms with Crippen molar-refractivity contribution in [3.63, 3.8) is 0 Å². The lowest BCUT2D eigenvalue weighted by atomic mass is 10.1. The van der Waals surface area contributed by atoms with E-state index in [1.165, 1.54) is 12.7 Å². The molecule has 1 atom stereocenters. The largest absolute Gasteiger partial charge is 0.431 e. The number of oxazole rings is 2. The first-order valence-corrected chi connectivity index (χ1v) is 12.3. The maximum absolute atomic E-state index is 13.1. The molecule has 3 aliphatic heterocycles. The Morgan fingerprint density at radius 3 is 2.57 bits per heavy atom. The van der Waals surface area contributed by atoms with Crippen molar-refractivity contribution < 1.29 is 18.4 Å². The zero-order chi connectivity index (χ0) is 23.8. The number of carbonyl (C=O) groups is 1. The number of hydrogen-bond acceptors (Lipinski definition) is 11. The predicted octanol–water partition coefficient (Wildman–Crippen LogP) is 1.83. The van der Waals surface area contributed by atoms with Gasteiger partial charge in [-0.1, -0.05) is 0 Å². The van der Waals surface area contributed by atoms with Gasteiger partial charge in [-0.3, -0.25) is 4.79 Å². The first-order chi connectivity index (χ1) is 17.1. The fraction of sp³-hybridized carbons (Fsp3) is 0.565. The number of nitrogens with zero attached hydrogens (tertiary/aromatic N) is 6. The molecule has 3 fully saturated rings. The van der Waals surface area contributed by atoms with Crippen LogP contribution in [0.3, 0.4) is 0 Å². The molecule has 3 aromatic heterocycles. The molecule has 0 aliphatic carbocycles. The van der Waals surface area contributed by atoms with E-state index in [0.29, 0.717) is 67.6 Å². The van der Waals surface area contributed by atoms with Gasteiger partial charge >= 0.3 is 0 Å². The summed E-state index contributed by atoms with van der Waals surface area (Å²) in [4.78, 5) is 33.2. The van der Waals surface area contributed by atoms with Crippen LogP contribution >= 0.6 is 0 Å². The molecule has 12 nitrogen and oxygen atoms in total. The van der Waals surface area contributed by atoms with Crippen LogP contribution in [0, 0.1) is 0 Å². The molecule has 0 aromatic carbocycles. The lowest BCUT2D eigenvalue weighted by Gasteiger charge is -2.29. The molecule has 1 amide bonds. The van der Waals surface area contributed by atoms with Gasteiger partial charge in [-0.05, 0) is 25.7 Å². The Kier molecular flexibility index (Phi) is 5.90. The maximum Gasteiger partial charge on any atom is 0.300 e. The van der Waals surface area contributed by atoms with Crippen molar-refractivity contribution in [1.29, 1.82) is 0 Å². The highest BCUT2D eigenvalue weighted by Gasteiger charge is 2.26. The molecule has 6 rings (SSSR count). The van der Waals surface area contributed by atoms with Gasteiger partial charge in [0.05, 0.1) is 18.9 Å². The fourth-order valence-corrected chi connectivity index (χ4v) is 4.83. The van der Waals surface area contributed by atoms with E-state index in [1.54, 1.807) is 0 Å². The summed E-state index contributed by atoms with van der Waals surface area (Å²) in [6, 6.07) is 2.84. The minimum absolute atomic E-state index is 0.0911. The van der Waals surface area contributed by atoms with Gasteiger partial charge in [0.25, 0.3) is 17.9 Å². The molecule has 186 valence electrons. The van der Waals surface area contributed by atoms with E-state index in [-0.39, 0.29) is 17.6 Å². The smallest absolute Gasteiger partial charge is 0.300 e. The Morgan fingerprint density at radius 2 is 1.80 bits per heavy atom. The third kappa shape index (κ3) is 4.50. The Bertz CT molecular complexity index is 1200. The highest BCUT2D eigenvalue weighted by Crippen LogP contribution is 2.32. The molecule has 6 heterocycles. The zero-order valence-electron chi connectivity index (χ0n) is 19.6. The molecule has 35 heavy (non-hydrogen) atoms. The molecular formula is C23H30N8O4. The number of rotatable bonds is 5. The average molecular weight is 483 g/mol. The number of amides is 1. The first-order valence-electron chi connectivity index (χ1n) is 12.3. The number of hydrogen-bond donors (Lipinski definition) is 2. The van der Waals surface area contributed by atoms with Crippen LogP contribution in [0.25, 0.3) is 11.2 Å². The quantitative estimate of drug-likeness (QED) is 0.550. The summed E-state index contributed by atoms with van der Waals surface area (Å²) in [5, 5.41) is 2.99. The number of ether oxygens (including phenoxy) is 1. The fourth-order valence-electron chi connectivity index (χ4n) is 4.83. The second-order valence-corrected chi connectivity index (χ2v) is 9.29. The maximum atomic E-state index is 13.1. The van der Waals surface area contributed by atoms with Gasteiger partial charge < -0.3 is 39.3 Å². The summed E-state index contributed by atoms with van der Waals surface area (Å²) in [6.07, 6.45) is 5.60. The lowest BCUT2D eigenvalue weighted by Crippen LogP contribution is -2.36. The van der Waals surface area contributed by atoms with Crippen LogP contribution < -0.4 is 25.8 Å². The van der Waals surface area contributed by atoms with Gasteiger partial charge in [-0.2, -0.15) is 9.97 Å². The molecule has 12 heteroatoms. The van der Waals surface area contributed by atoms with Crippen LogP contribution in [0.2, 0.25) is 0 Å². The number of nitrogens with two attached hydrogens (primary N) is 1. The van der Waals surface area contributed by atoms with Gasteiger partial charge in [-0.15, -0.1) is 0 Å². The van der Waals surface area contributed by atoms with E-state index in [9.17, 15) is 4.79 Å². The van der Waals surface area contributed by atoms with Crippen molar-refractivity contribution in [2.24, 2.45) is 5.73 Å². The highest BCUT2D eigenvalue weighted by atomic mass is 16.5.